The number of benzene rings is 10. The van der Waals surface area contributed by atoms with Gasteiger partial charge in [-0.2, -0.15) is 0 Å². The summed E-state index contributed by atoms with van der Waals surface area (Å²) in [6, 6.07) is 103. The van der Waals surface area contributed by atoms with E-state index in [2.05, 4.69) is 355 Å². The first-order valence-corrected chi connectivity index (χ1v) is 53.2. The van der Waals surface area contributed by atoms with Crippen LogP contribution in [-0.2, 0) is 34.1 Å². The maximum Gasteiger partial charge on any atom is 0 e. The second-order valence-electron chi connectivity index (χ2n) is 33.5. The van der Waals surface area contributed by atoms with Crippen LogP contribution in [0, 0.1) is 56.3 Å². The number of hydrogen-bond acceptors (Lipinski definition) is 0. The Hall–Kier alpha value is -3.75. The minimum absolute atomic E-state index is 0. The van der Waals surface area contributed by atoms with Crippen LogP contribution < -0.4 is 47.7 Å². The van der Waals surface area contributed by atoms with E-state index in [0.29, 0.717) is 0 Å². The van der Waals surface area contributed by atoms with E-state index < -0.39 is 7.92 Å². The van der Waals surface area contributed by atoms with Crippen LogP contribution in [0.15, 0.2) is 279 Å². The predicted octanol–water partition coefficient (Wildman–Crippen LogP) is 28.9. The van der Waals surface area contributed by atoms with Crippen molar-refractivity contribution in [2.45, 2.75) is 258 Å². The molecule has 117 heavy (non-hydrogen) atoms. The van der Waals surface area contributed by atoms with Crippen LogP contribution in [-0.4, -0.2) is 35.0 Å². The van der Waals surface area contributed by atoms with Crippen molar-refractivity contribution in [2.24, 2.45) is 35.5 Å². The van der Waals surface area contributed by atoms with E-state index in [4.69, 9.17) is 0 Å². The third-order valence-corrected chi connectivity index (χ3v) is 38.5. The van der Waals surface area contributed by atoms with Crippen molar-refractivity contribution < 1.29 is 34.1 Å². The van der Waals surface area contributed by atoms with Crippen LogP contribution >= 0.6 is 59.4 Å². The van der Waals surface area contributed by atoms with Gasteiger partial charge in [-0.3, -0.25) is 0 Å². The first-order valence-electron chi connectivity index (χ1n) is 45.4. The molecule has 0 bridgehead atoms. The van der Waals surface area contributed by atoms with Gasteiger partial charge < -0.3 is 0 Å². The van der Waals surface area contributed by atoms with Gasteiger partial charge in [-0.05, 0) is 237 Å². The van der Waals surface area contributed by atoms with Crippen molar-refractivity contribution in [1.82, 2.24) is 0 Å². The molecule has 10 atom stereocenters. The summed E-state index contributed by atoms with van der Waals surface area (Å²) >= 11 is 0. The van der Waals surface area contributed by atoms with Gasteiger partial charge in [0.15, 0.2) is 0 Å². The Morgan fingerprint density at radius 3 is 0.872 bits per heavy atom. The molecule has 7 aliphatic rings. The molecule has 0 nitrogen and oxygen atoms in total. The average molecular weight is 1770 g/mol. The van der Waals surface area contributed by atoms with Crippen LogP contribution in [0.3, 0.4) is 0 Å². The van der Waals surface area contributed by atoms with E-state index >= 15 is 0 Å². The summed E-state index contributed by atoms with van der Waals surface area (Å²) in [5.41, 5.74) is 10.1. The molecule has 17 rings (SSSR count). The number of hydrogen-bond donors (Lipinski definition) is 0. The molecular formula is C108H147Fe2P7. The minimum atomic E-state index is -0.631. The second-order valence-corrected chi connectivity index (χ2v) is 45.1. The largest absolute Gasteiger partial charge is 0.137 e. The summed E-state index contributed by atoms with van der Waals surface area (Å²) in [5.74, 6) is 5.76. The van der Waals surface area contributed by atoms with E-state index in [1.807, 2.05) is 13.8 Å². The van der Waals surface area contributed by atoms with Crippen LogP contribution in [0.4, 0.5) is 0 Å². The van der Waals surface area contributed by atoms with Crippen molar-refractivity contribution in [2.75, 3.05) is 12.3 Å². The fourth-order valence-electron chi connectivity index (χ4n) is 18.8. The van der Waals surface area contributed by atoms with Crippen molar-refractivity contribution in [1.29, 1.82) is 0 Å². The normalized spacial score (nSPS) is 19.4. The molecule has 0 heterocycles. The molecule has 0 spiro atoms. The molecule has 7 saturated carbocycles. The van der Waals surface area contributed by atoms with Crippen LogP contribution in [0.2, 0.25) is 0 Å². The molecule has 0 aliphatic heterocycles. The molecule has 7 aliphatic carbocycles. The number of aryl methyl sites for hydroxylation is 3. The van der Waals surface area contributed by atoms with Gasteiger partial charge in [0.25, 0.3) is 0 Å². The Bertz CT molecular complexity index is 3840. The molecule has 10 aromatic rings. The van der Waals surface area contributed by atoms with Gasteiger partial charge >= 0.3 is 0 Å². The van der Waals surface area contributed by atoms with Crippen LogP contribution in [0.5, 0.6) is 0 Å². The zero-order chi connectivity index (χ0) is 81.2. The molecule has 8 unspecified atom stereocenters. The Labute approximate surface area is 748 Å². The Kier molecular flexibility index (Phi) is 49.4. The fourth-order valence-corrected chi connectivity index (χ4v) is 31.7. The predicted molar refractivity (Wildman–Crippen MR) is 536 cm³/mol. The van der Waals surface area contributed by atoms with Crippen molar-refractivity contribution in [3.05, 3.63) is 296 Å². The summed E-state index contributed by atoms with van der Waals surface area (Å²) < 4.78 is 0. The number of rotatable bonds is 17. The van der Waals surface area contributed by atoms with Crippen molar-refractivity contribution in [3.63, 3.8) is 0 Å². The topological polar surface area (TPSA) is 0 Å². The SMILES string of the molecule is C1CCCC1.C1CCCC1.CC.CC(C)C1CCCC1C.C[C@@H](C1CCCCC1)C1CCCC1P(c1ccccc1)c1ccccc1.Cc1cccc(C)c1-c1c(C)cccc1P(c1ccccc1)c1ccccc1.PC1CCCCC1.PCCP.[Fe].[Fe].c1ccc(P(c2ccccc2)C2C[C@H]2P(c2ccccc2)c2ccccc2)cc1. The molecule has 0 N–H and O–H groups in total. The maximum absolute atomic E-state index is 2.91. The summed E-state index contributed by atoms with van der Waals surface area (Å²) in [7, 11) is 6.63. The first kappa shape index (κ1) is 100. The average Bonchev–Trinajstić information content (AvgIpc) is 1.64. The van der Waals surface area contributed by atoms with Gasteiger partial charge in [0.2, 0.25) is 0 Å². The monoisotopic (exact) mass is 1770 g/mol. The Morgan fingerprint density at radius 2 is 0.581 bits per heavy atom. The fraction of sp³-hybridized carbons (Fsp3) is 0.444. The third-order valence-electron chi connectivity index (χ3n) is 24.9. The molecule has 10 aromatic carbocycles. The molecule has 0 aromatic heterocycles. The second kappa shape index (κ2) is 57.6. The molecule has 7 fully saturated rings. The molecule has 0 amide bonds. The van der Waals surface area contributed by atoms with E-state index in [1.54, 1.807) is 10.6 Å². The molecular weight excluding hydrogens is 1630 g/mol. The van der Waals surface area contributed by atoms with Crippen molar-refractivity contribution in [3.8, 4) is 11.1 Å². The third kappa shape index (κ3) is 32.4. The zero-order valence-electron chi connectivity index (χ0n) is 73.1. The Morgan fingerprint density at radius 1 is 0.299 bits per heavy atom. The van der Waals surface area contributed by atoms with Gasteiger partial charge in [0, 0.05) is 34.1 Å². The van der Waals surface area contributed by atoms with E-state index in [9.17, 15) is 0 Å². The minimum Gasteiger partial charge on any atom is -0.137 e. The maximum atomic E-state index is 2.91. The molecule has 0 radical (unpaired) electrons. The summed E-state index contributed by atoms with van der Waals surface area (Å²) in [4.78, 5) is 0. The molecule has 0 saturated heterocycles. The standard InChI is InChI=1S/C27H24P2.C27H25P.C25H33P.C9H18.C6H13P.2C5H10.C2H8P2.C2H6.2Fe/c1-5-13-22(14-6-1)28(23-15-7-2-8-16-23)26-21-27(26)29(24-17-9-3-10-18-24)25-19-11-4-12-20-25;1-20-12-10-13-21(2)26(20)27-22(3)14-11-19-25(27)28(23-15-6-4-7-16-23)24-17-8-5-9-18-24;1-20(21-12-5-2-6-13-21)24-18-11-19-25(24)26(22-14-7-3-8-15-22)23-16-9-4-10-17-23;1-7(2)9-6-4-5-8(9)3;7-6-4-2-1-3-5-6;2*1-2-4-5-3-1;3-1-2-4;1-2;;/h1-20,26-27H,21H2;4-19H,1-3H3;3-4,7-10,14-17,20-21,24-25H,2,5-6,11-13,18-19H2,1H3;7-9H,4-6H2,1-3H3;6H,1-5,7H2;2*1-5H2;1-4H2;1-2H3;;/t26-,27?;;20-,24?,25?;;;;;;;;/m1.0......../s1. The van der Waals surface area contributed by atoms with E-state index in [1.165, 1.54) is 251 Å². The van der Waals surface area contributed by atoms with Gasteiger partial charge in [-0.25, -0.2) is 0 Å². The molecule has 9 heteroatoms. The van der Waals surface area contributed by atoms with Gasteiger partial charge in [0.1, 0.15) is 0 Å². The van der Waals surface area contributed by atoms with Crippen LogP contribution in [0.1, 0.15) is 232 Å². The Balaban J connectivity index is 0.000000202. The van der Waals surface area contributed by atoms with Gasteiger partial charge in [-0.1, -0.05) is 455 Å². The van der Waals surface area contributed by atoms with Crippen LogP contribution in [0.25, 0.3) is 11.1 Å². The summed E-state index contributed by atoms with van der Waals surface area (Å²) in [6.07, 6.45) is 42.2. The zero-order valence-corrected chi connectivity index (χ0v) is 82.3. The van der Waals surface area contributed by atoms with Crippen molar-refractivity contribution >= 4 is 107 Å². The van der Waals surface area contributed by atoms with E-state index in [0.717, 1.165) is 58.1 Å². The smallest absolute Gasteiger partial charge is 0 e. The molecule has 630 valence electrons. The summed E-state index contributed by atoms with van der Waals surface area (Å²) in [5, 5.41) is 13.4. The van der Waals surface area contributed by atoms with Gasteiger partial charge in [-0.15, -0.1) is 27.7 Å². The van der Waals surface area contributed by atoms with Gasteiger partial charge in [0.05, 0.1) is 0 Å². The quantitative estimate of drug-likeness (QED) is 0.0630. The summed E-state index contributed by atoms with van der Waals surface area (Å²) in [6.45, 7) is 20.4. The van der Waals surface area contributed by atoms with E-state index in [-0.39, 0.29) is 57.9 Å². The first-order chi connectivity index (χ1) is 56.4.